The molecule has 1 aliphatic rings. The SMILES string of the molecule is CCOc1ccc(C(=O)NC(=S)Nc2ccc(N3CCN(C(=O)/C=C/c4ccccc4)CC3)c(Cl)c2)cc1Cl. The van der Waals surface area contributed by atoms with Crippen LogP contribution in [0, 0.1) is 0 Å². The summed E-state index contributed by atoms with van der Waals surface area (Å²) in [5.74, 6) is 0.109. The Morgan fingerprint density at radius 3 is 2.38 bits per heavy atom. The molecule has 3 aromatic carbocycles. The number of nitrogens with one attached hydrogen (secondary N) is 2. The number of thiocarbonyl (C=S) groups is 1. The van der Waals surface area contributed by atoms with Crippen molar-refractivity contribution in [2.45, 2.75) is 6.92 Å². The molecule has 2 N–H and O–H groups in total. The summed E-state index contributed by atoms with van der Waals surface area (Å²) in [6, 6.07) is 20.0. The molecular weight excluding hydrogens is 555 g/mol. The Bertz CT molecular complexity index is 1380. The summed E-state index contributed by atoms with van der Waals surface area (Å²) in [5, 5.41) is 6.64. The second-order valence-corrected chi connectivity index (χ2v) is 9.93. The standard InChI is InChI=1S/C29H28Cl2N4O3S/c1-2-38-26-12-9-21(18-24(26)31)28(37)33-29(39)32-22-10-11-25(23(30)19-22)34-14-16-35(17-15-34)27(36)13-8-20-6-4-3-5-7-20/h3-13,18-19H,2,14-17H2,1H3,(H2,32,33,37,39)/b13-8+. The molecule has 7 nitrogen and oxygen atoms in total. The van der Waals surface area contributed by atoms with Crippen LogP contribution in [0.25, 0.3) is 6.08 Å². The van der Waals surface area contributed by atoms with E-state index in [0.717, 1.165) is 11.3 Å². The van der Waals surface area contributed by atoms with Crippen LogP contribution in [0.4, 0.5) is 11.4 Å². The number of benzene rings is 3. The summed E-state index contributed by atoms with van der Waals surface area (Å²) in [6.45, 7) is 4.85. The minimum atomic E-state index is -0.397. The summed E-state index contributed by atoms with van der Waals surface area (Å²) >= 11 is 18.1. The van der Waals surface area contributed by atoms with Gasteiger partial charge in [-0.25, -0.2) is 0 Å². The van der Waals surface area contributed by atoms with Gasteiger partial charge in [0.05, 0.1) is 22.3 Å². The summed E-state index contributed by atoms with van der Waals surface area (Å²) < 4.78 is 5.40. The number of anilines is 2. The fourth-order valence-corrected chi connectivity index (χ4v) is 4.84. The second-order valence-electron chi connectivity index (χ2n) is 8.71. The van der Waals surface area contributed by atoms with E-state index in [1.807, 2.05) is 60.4 Å². The molecule has 0 saturated carbocycles. The Morgan fingerprint density at radius 2 is 1.72 bits per heavy atom. The topological polar surface area (TPSA) is 73.9 Å². The van der Waals surface area contributed by atoms with Crippen LogP contribution in [0.15, 0.2) is 72.8 Å². The third-order valence-corrected chi connectivity index (χ3v) is 6.88. The molecule has 4 rings (SSSR count). The van der Waals surface area contributed by atoms with Crippen LogP contribution in [0.2, 0.25) is 10.0 Å². The number of nitrogens with zero attached hydrogens (tertiary/aromatic N) is 2. The van der Waals surface area contributed by atoms with Crippen LogP contribution in [0.1, 0.15) is 22.8 Å². The minimum Gasteiger partial charge on any atom is -0.492 e. The van der Waals surface area contributed by atoms with E-state index in [4.69, 9.17) is 40.2 Å². The molecule has 10 heteroatoms. The van der Waals surface area contributed by atoms with Gasteiger partial charge in [-0.2, -0.15) is 0 Å². The van der Waals surface area contributed by atoms with Crippen molar-refractivity contribution in [3.05, 3.63) is 94.0 Å². The van der Waals surface area contributed by atoms with E-state index in [1.165, 1.54) is 6.07 Å². The zero-order chi connectivity index (χ0) is 27.8. The molecular formula is C29H28Cl2N4O3S. The molecule has 2 amide bonds. The van der Waals surface area contributed by atoms with Crippen molar-refractivity contribution in [1.29, 1.82) is 0 Å². The number of amides is 2. The number of ether oxygens (including phenoxy) is 1. The molecule has 3 aromatic rings. The molecule has 0 unspecified atom stereocenters. The number of hydrogen-bond donors (Lipinski definition) is 2. The van der Waals surface area contributed by atoms with Crippen LogP contribution in [-0.2, 0) is 4.79 Å². The fraction of sp³-hybridized carbons (Fsp3) is 0.207. The lowest BCUT2D eigenvalue weighted by Crippen LogP contribution is -2.48. The van der Waals surface area contributed by atoms with Crippen LogP contribution in [0.5, 0.6) is 5.75 Å². The highest BCUT2D eigenvalue weighted by Gasteiger charge is 2.21. The highest BCUT2D eigenvalue weighted by Crippen LogP contribution is 2.30. The highest BCUT2D eigenvalue weighted by atomic mass is 35.5. The molecule has 39 heavy (non-hydrogen) atoms. The van der Waals surface area contributed by atoms with Crippen LogP contribution in [0.3, 0.4) is 0 Å². The van der Waals surface area contributed by atoms with Crippen molar-refractivity contribution in [3.8, 4) is 5.75 Å². The van der Waals surface area contributed by atoms with Gasteiger partial charge in [-0.1, -0.05) is 53.5 Å². The Morgan fingerprint density at radius 1 is 0.974 bits per heavy atom. The fourth-order valence-electron chi connectivity index (χ4n) is 4.10. The Labute approximate surface area is 243 Å². The first-order valence-corrected chi connectivity index (χ1v) is 13.6. The molecule has 0 aliphatic carbocycles. The number of halogens is 2. The average molecular weight is 584 g/mol. The van der Waals surface area contributed by atoms with Crippen LogP contribution >= 0.6 is 35.4 Å². The summed E-state index contributed by atoms with van der Waals surface area (Å²) in [4.78, 5) is 29.1. The van der Waals surface area contributed by atoms with Gasteiger partial charge in [0.15, 0.2) is 5.11 Å². The number of piperazine rings is 1. The Kier molecular flexibility index (Phi) is 9.81. The highest BCUT2D eigenvalue weighted by molar-refractivity contribution is 7.80. The van der Waals surface area contributed by atoms with E-state index in [2.05, 4.69) is 15.5 Å². The third kappa shape index (κ3) is 7.72. The normalized spacial score (nSPS) is 13.3. The molecule has 202 valence electrons. The smallest absolute Gasteiger partial charge is 0.257 e. The summed E-state index contributed by atoms with van der Waals surface area (Å²) in [7, 11) is 0. The van der Waals surface area contributed by atoms with E-state index < -0.39 is 5.91 Å². The third-order valence-electron chi connectivity index (χ3n) is 6.08. The van der Waals surface area contributed by atoms with Crippen LogP contribution < -0.4 is 20.3 Å². The van der Waals surface area contributed by atoms with Gasteiger partial charge >= 0.3 is 0 Å². The molecule has 0 bridgehead atoms. The van der Waals surface area contributed by atoms with Crippen LogP contribution in [-0.4, -0.2) is 54.6 Å². The lowest BCUT2D eigenvalue weighted by atomic mass is 10.2. The molecule has 1 heterocycles. The van der Waals surface area contributed by atoms with E-state index in [0.29, 0.717) is 59.8 Å². The molecule has 0 spiro atoms. The lowest BCUT2D eigenvalue weighted by molar-refractivity contribution is -0.126. The molecule has 0 atom stereocenters. The van der Waals surface area contributed by atoms with Crippen molar-refractivity contribution < 1.29 is 14.3 Å². The van der Waals surface area contributed by atoms with E-state index >= 15 is 0 Å². The van der Waals surface area contributed by atoms with E-state index in [-0.39, 0.29) is 11.0 Å². The van der Waals surface area contributed by atoms with Gasteiger partial charge in [-0.15, -0.1) is 0 Å². The quantitative estimate of drug-likeness (QED) is 0.267. The van der Waals surface area contributed by atoms with Gasteiger partial charge in [-0.05, 0) is 67.2 Å². The molecule has 0 radical (unpaired) electrons. The number of hydrogen-bond acceptors (Lipinski definition) is 5. The monoisotopic (exact) mass is 582 g/mol. The molecule has 1 saturated heterocycles. The van der Waals surface area contributed by atoms with Crippen molar-refractivity contribution in [2.24, 2.45) is 0 Å². The van der Waals surface area contributed by atoms with Gasteiger partial charge in [0.25, 0.3) is 5.91 Å². The van der Waals surface area contributed by atoms with Crippen molar-refractivity contribution >= 4 is 69.8 Å². The summed E-state index contributed by atoms with van der Waals surface area (Å²) in [6.07, 6.45) is 3.45. The van der Waals surface area contributed by atoms with Gasteiger partial charge in [0.1, 0.15) is 5.75 Å². The maximum Gasteiger partial charge on any atom is 0.257 e. The first kappa shape index (κ1) is 28.4. The number of carbonyl (C=O) groups excluding carboxylic acids is 2. The molecule has 0 aromatic heterocycles. The van der Waals surface area contributed by atoms with Gasteiger partial charge < -0.3 is 19.9 Å². The predicted molar refractivity (Wildman–Crippen MR) is 162 cm³/mol. The lowest BCUT2D eigenvalue weighted by Gasteiger charge is -2.36. The van der Waals surface area contributed by atoms with Gasteiger partial charge in [0.2, 0.25) is 5.91 Å². The van der Waals surface area contributed by atoms with Gasteiger partial charge in [0, 0.05) is 43.5 Å². The summed E-state index contributed by atoms with van der Waals surface area (Å²) in [5.41, 5.74) is 2.85. The Hall–Kier alpha value is -3.59. The van der Waals surface area contributed by atoms with Crippen molar-refractivity contribution in [1.82, 2.24) is 10.2 Å². The van der Waals surface area contributed by atoms with Crippen molar-refractivity contribution in [3.63, 3.8) is 0 Å². The van der Waals surface area contributed by atoms with Gasteiger partial charge in [-0.3, -0.25) is 14.9 Å². The minimum absolute atomic E-state index is 0.00721. The second kappa shape index (κ2) is 13.5. The van der Waals surface area contributed by atoms with Crippen molar-refractivity contribution in [2.75, 3.05) is 43.0 Å². The maximum atomic E-state index is 12.6. The first-order valence-electron chi connectivity index (χ1n) is 12.4. The average Bonchev–Trinajstić information content (AvgIpc) is 2.93. The number of rotatable bonds is 7. The predicted octanol–water partition coefficient (Wildman–Crippen LogP) is 5.88. The maximum absolute atomic E-state index is 12.6. The zero-order valence-electron chi connectivity index (χ0n) is 21.3. The van der Waals surface area contributed by atoms with E-state index in [1.54, 1.807) is 24.3 Å². The number of carbonyl (C=O) groups is 2. The first-order chi connectivity index (χ1) is 18.8. The zero-order valence-corrected chi connectivity index (χ0v) is 23.7. The van der Waals surface area contributed by atoms with E-state index in [9.17, 15) is 9.59 Å². The molecule has 1 fully saturated rings. The largest absolute Gasteiger partial charge is 0.492 e. The molecule has 1 aliphatic heterocycles. The Balaban J connectivity index is 1.29.